The van der Waals surface area contributed by atoms with Crippen molar-refractivity contribution in [2.24, 2.45) is 17.8 Å². The summed E-state index contributed by atoms with van der Waals surface area (Å²) in [5, 5.41) is 21.2. The minimum atomic E-state index is -0.0460. The second-order valence-corrected chi connectivity index (χ2v) is 11.4. The number of nitrogens with one attached hydrogen (secondary N) is 6. The standard InChI is InChI=1S/C25H44N6O3/c1-15-4-5-16(24(33)28-18-6-7-22-21(12-18)29-23(32)14-34-22)11-20(15)31-25-27-10-8-19(30-25)17-3-2-9-26-13-17/h15-22,25-27,30-31H,2-14H2,1H3,(H,28,33)(H,29,32). The Morgan fingerprint density at radius 3 is 2.79 bits per heavy atom. The summed E-state index contributed by atoms with van der Waals surface area (Å²) in [5.74, 6) is 1.44. The minimum Gasteiger partial charge on any atom is -0.366 e. The maximum absolute atomic E-state index is 13.2. The maximum Gasteiger partial charge on any atom is 0.246 e. The maximum atomic E-state index is 13.2. The van der Waals surface area contributed by atoms with Crippen LogP contribution >= 0.6 is 0 Å². The molecule has 34 heavy (non-hydrogen) atoms. The third-order valence-electron chi connectivity index (χ3n) is 8.94. The first-order valence-corrected chi connectivity index (χ1v) is 13.7. The van der Waals surface area contributed by atoms with Gasteiger partial charge < -0.3 is 20.7 Å². The summed E-state index contributed by atoms with van der Waals surface area (Å²) in [7, 11) is 0. The van der Waals surface area contributed by atoms with Gasteiger partial charge in [0, 0.05) is 24.0 Å². The van der Waals surface area contributed by atoms with E-state index in [1.807, 2.05) is 0 Å². The molecule has 192 valence electrons. The average molecular weight is 477 g/mol. The molecule has 0 spiro atoms. The van der Waals surface area contributed by atoms with Crippen LogP contribution in [0.4, 0.5) is 0 Å². The molecule has 0 aromatic carbocycles. The van der Waals surface area contributed by atoms with Gasteiger partial charge in [-0.25, -0.2) is 0 Å². The predicted molar refractivity (Wildman–Crippen MR) is 130 cm³/mol. The summed E-state index contributed by atoms with van der Waals surface area (Å²) in [4.78, 5) is 24.9. The van der Waals surface area contributed by atoms with Crippen molar-refractivity contribution in [1.29, 1.82) is 0 Å². The van der Waals surface area contributed by atoms with Crippen LogP contribution in [0.25, 0.3) is 0 Å². The van der Waals surface area contributed by atoms with Gasteiger partial charge in [-0.15, -0.1) is 0 Å². The van der Waals surface area contributed by atoms with Crippen LogP contribution in [0.2, 0.25) is 0 Å². The van der Waals surface area contributed by atoms with E-state index >= 15 is 0 Å². The zero-order valence-electron chi connectivity index (χ0n) is 20.6. The molecule has 9 atom stereocenters. The van der Waals surface area contributed by atoms with E-state index in [1.165, 1.54) is 19.3 Å². The first-order valence-electron chi connectivity index (χ1n) is 13.7. The van der Waals surface area contributed by atoms with Crippen LogP contribution in [0.1, 0.15) is 64.7 Å². The number of carbonyl (C=O) groups is 2. The SMILES string of the molecule is CC1CCC(C(=O)NC2CCC3OCC(=O)NC3C2)CC1NC1NCCC(C2CCCNC2)N1. The highest BCUT2D eigenvalue weighted by atomic mass is 16.5. The molecule has 3 saturated heterocycles. The van der Waals surface area contributed by atoms with Gasteiger partial charge in [-0.1, -0.05) is 6.92 Å². The van der Waals surface area contributed by atoms with Crippen molar-refractivity contribution in [2.45, 2.75) is 101 Å². The summed E-state index contributed by atoms with van der Waals surface area (Å²) in [6, 6.07) is 1.01. The molecule has 3 heterocycles. The van der Waals surface area contributed by atoms with Crippen molar-refractivity contribution in [3.05, 3.63) is 0 Å². The molecule has 2 aliphatic carbocycles. The third kappa shape index (κ3) is 5.93. The number of piperidine rings is 1. The van der Waals surface area contributed by atoms with Crippen molar-refractivity contribution in [2.75, 3.05) is 26.2 Å². The highest BCUT2D eigenvalue weighted by Crippen LogP contribution is 2.31. The van der Waals surface area contributed by atoms with E-state index in [-0.39, 0.29) is 48.8 Å². The molecule has 5 fully saturated rings. The molecule has 9 heteroatoms. The highest BCUT2D eigenvalue weighted by molar-refractivity contribution is 5.79. The van der Waals surface area contributed by atoms with Crippen molar-refractivity contribution in [3.63, 3.8) is 0 Å². The van der Waals surface area contributed by atoms with Gasteiger partial charge in [-0.2, -0.15) is 0 Å². The summed E-state index contributed by atoms with van der Waals surface area (Å²) < 4.78 is 5.66. The van der Waals surface area contributed by atoms with Crippen molar-refractivity contribution >= 4 is 11.8 Å². The van der Waals surface area contributed by atoms with E-state index in [2.05, 4.69) is 38.8 Å². The zero-order chi connectivity index (χ0) is 23.5. The Morgan fingerprint density at radius 2 is 1.94 bits per heavy atom. The Kier molecular flexibility index (Phi) is 8.05. The summed E-state index contributed by atoms with van der Waals surface area (Å²) in [6.45, 7) is 5.77. The Bertz CT molecular complexity index is 717. The van der Waals surface area contributed by atoms with E-state index < -0.39 is 0 Å². The van der Waals surface area contributed by atoms with Crippen molar-refractivity contribution < 1.29 is 14.3 Å². The molecule has 3 aliphatic heterocycles. The molecule has 2 amide bonds. The normalized spacial score (nSPS) is 43.4. The summed E-state index contributed by atoms with van der Waals surface area (Å²) >= 11 is 0. The van der Waals surface area contributed by atoms with Crippen molar-refractivity contribution in [1.82, 2.24) is 31.9 Å². The van der Waals surface area contributed by atoms with Crippen LogP contribution in [-0.2, 0) is 14.3 Å². The number of hydrogen-bond donors (Lipinski definition) is 6. The van der Waals surface area contributed by atoms with Crippen LogP contribution in [0, 0.1) is 17.8 Å². The minimum absolute atomic E-state index is 0.0249. The number of rotatable bonds is 5. The lowest BCUT2D eigenvalue weighted by atomic mass is 9.78. The molecule has 0 radical (unpaired) electrons. The molecule has 0 aromatic rings. The van der Waals surface area contributed by atoms with Gasteiger partial charge in [-0.05, 0) is 89.3 Å². The first-order chi connectivity index (χ1) is 16.5. The molecule has 2 saturated carbocycles. The molecule has 0 aromatic heterocycles. The topological polar surface area (TPSA) is 116 Å². The number of carbonyl (C=O) groups excluding carboxylic acids is 2. The van der Waals surface area contributed by atoms with Crippen LogP contribution in [0.5, 0.6) is 0 Å². The second-order valence-electron chi connectivity index (χ2n) is 11.4. The molecule has 5 rings (SSSR count). The highest BCUT2D eigenvalue weighted by Gasteiger charge is 2.38. The van der Waals surface area contributed by atoms with Gasteiger partial charge >= 0.3 is 0 Å². The van der Waals surface area contributed by atoms with Crippen LogP contribution in [0.3, 0.4) is 0 Å². The zero-order valence-corrected chi connectivity index (χ0v) is 20.6. The molecule has 9 nitrogen and oxygen atoms in total. The molecular weight excluding hydrogens is 432 g/mol. The fourth-order valence-corrected chi connectivity index (χ4v) is 6.82. The van der Waals surface area contributed by atoms with E-state index in [0.717, 1.165) is 58.2 Å². The van der Waals surface area contributed by atoms with Crippen molar-refractivity contribution in [3.8, 4) is 0 Å². The van der Waals surface area contributed by atoms with E-state index in [9.17, 15) is 9.59 Å². The largest absolute Gasteiger partial charge is 0.366 e. The van der Waals surface area contributed by atoms with Gasteiger partial charge in [-0.3, -0.25) is 25.5 Å². The number of morpholine rings is 1. The van der Waals surface area contributed by atoms with Crippen LogP contribution < -0.4 is 31.9 Å². The second kappa shape index (κ2) is 11.2. The Hall–Kier alpha value is -1.26. The van der Waals surface area contributed by atoms with Gasteiger partial charge in [0.15, 0.2) is 0 Å². The molecule has 9 unspecified atom stereocenters. The number of hydrogen-bond acceptors (Lipinski definition) is 7. The van der Waals surface area contributed by atoms with Gasteiger partial charge in [0.1, 0.15) is 12.9 Å². The van der Waals surface area contributed by atoms with E-state index in [0.29, 0.717) is 23.9 Å². The Morgan fingerprint density at radius 1 is 1.03 bits per heavy atom. The van der Waals surface area contributed by atoms with Gasteiger partial charge in [0.2, 0.25) is 11.8 Å². The number of ether oxygens (including phenoxy) is 1. The Labute approximate surface area is 203 Å². The van der Waals surface area contributed by atoms with E-state index in [1.54, 1.807) is 0 Å². The average Bonchev–Trinajstić information content (AvgIpc) is 2.86. The molecular formula is C25H44N6O3. The summed E-state index contributed by atoms with van der Waals surface area (Å²) in [5.41, 5.74) is 0. The lowest BCUT2D eigenvalue weighted by Gasteiger charge is -2.43. The first kappa shape index (κ1) is 24.4. The smallest absolute Gasteiger partial charge is 0.246 e. The third-order valence-corrected chi connectivity index (χ3v) is 8.94. The fourth-order valence-electron chi connectivity index (χ4n) is 6.82. The monoisotopic (exact) mass is 476 g/mol. The van der Waals surface area contributed by atoms with E-state index in [4.69, 9.17) is 4.74 Å². The fraction of sp³-hybridized carbons (Fsp3) is 0.920. The van der Waals surface area contributed by atoms with Gasteiger partial charge in [0.05, 0.1) is 12.1 Å². The molecule has 6 N–H and O–H groups in total. The van der Waals surface area contributed by atoms with Gasteiger partial charge in [0.25, 0.3) is 0 Å². The number of fused-ring (bicyclic) bond motifs is 1. The molecule has 0 bridgehead atoms. The van der Waals surface area contributed by atoms with Crippen LogP contribution in [-0.4, -0.2) is 74.6 Å². The Balaban J connectivity index is 1.11. The molecule has 5 aliphatic rings. The predicted octanol–water partition coefficient (Wildman–Crippen LogP) is 0.168. The lowest BCUT2D eigenvalue weighted by molar-refractivity contribution is -0.139. The van der Waals surface area contributed by atoms with Crippen LogP contribution in [0.15, 0.2) is 0 Å². The summed E-state index contributed by atoms with van der Waals surface area (Å²) in [6.07, 6.45) is 9.41. The quantitative estimate of drug-likeness (QED) is 0.335. The lowest BCUT2D eigenvalue weighted by Crippen LogP contribution is -2.66. The number of amides is 2.